The molecule has 0 aliphatic heterocycles. The third kappa shape index (κ3) is 4.32. The summed E-state index contributed by atoms with van der Waals surface area (Å²) in [4.78, 5) is 10.6. The number of hydrogen-bond donors (Lipinski definition) is 1. The molecule has 1 N–H and O–H groups in total. The molecule has 0 amide bonds. The number of ether oxygens (including phenoxy) is 1. The molecule has 118 valence electrons. The predicted molar refractivity (Wildman–Crippen MR) is 89.7 cm³/mol. The second-order valence-corrected chi connectivity index (χ2v) is 5.65. The van der Waals surface area contributed by atoms with Crippen LogP contribution in [0.5, 0.6) is 5.75 Å². The molecule has 5 nitrogen and oxygen atoms in total. The Kier molecular flexibility index (Phi) is 5.57. The Hall–Kier alpha value is -1.85. The van der Waals surface area contributed by atoms with Crippen LogP contribution in [0.2, 0.25) is 5.15 Å². The highest BCUT2D eigenvalue weighted by atomic mass is 35.5. The third-order valence-corrected chi connectivity index (χ3v) is 3.58. The summed E-state index contributed by atoms with van der Waals surface area (Å²) in [7, 11) is 5.77. The highest BCUT2D eigenvalue weighted by molar-refractivity contribution is 6.29. The van der Waals surface area contributed by atoms with E-state index in [0.717, 1.165) is 11.6 Å². The number of nitrogens with zero attached hydrogens (tertiary/aromatic N) is 3. The Labute approximate surface area is 136 Å². The predicted octanol–water partition coefficient (Wildman–Crippen LogP) is 3.16. The molecular formula is C16H21ClN4O. The minimum atomic E-state index is 0.184. The molecule has 22 heavy (non-hydrogen) atoms. The van der Waals surface area contributed by atoms with Crippen molar-refractivity contribution in [2.75, 3.05) is 33.1 Å². The maximum Gasteiger partial charge on any atom is 0.134 e. The minimum Gasteiger partial charge on any atom is -0.497 e. The van der Waals surface area contributed by atoms with E-state index in [1.807, 2.05) is 39.2 Å². The number of likely N-dealkylation sites (N-methyl/N-ethyl adjacent to an activating group) is 1. The molecule has 1 aromatic carbocycles. The number of halogens is 1. The quantitative estimate of drug-likeness (QED) is 0.829. The van der Waals surface area contributed by atoms with Crippen LogP contribution in [0.4, 0.5) is 5.82 Å². The highest BCUT2D eigenvalue weighted by Crippen LogP contribution is 2.23. The van der Waals surface area contributed by atoms with Crippen molar-refractivity contribution in [2.45, 2.75) is 13.0 Å². The van der Waals surface area contributed by atoms with E-state index in [1.54, 1.807) is 13.2 Å². The molecule has 0 radical (unpaired) electrons. The van der Waals surface area contributed by atoms with Gasteiger partial charge in [0.2, 0.25) is 0 Å². The molecule has 0 bridgehead atoms. The van der Waals surface area contributed by atoms with Crippen LogP contribution in [0.25, 0.3) is 0 Å². The Morgan fingerprint density at radius 2 is 2.05 bits per heavy atom. The van der Waals surface area contributed by atoms with E-state index < -0.39 is 0 Å². The summed E-state index contributed by atoms with van der Waals surface area (Å²) < 4.78 is 5.30. The van der Waals surface area contributed by atoms with Crippen molar-refractivity contribution in [1.29, 1.82) is 0 Å². The second-order valence-electron chi connectivity index (χ2n) is 5.26. The van der Waals surface area contributed by atoms with Gasteiger partial charge < -0.3 is 15.0 Å². The Balaban J connectivity index is 2.15. The Morgan fingerprint density at radius 1 is 1.27 bits per heavy atom. The van der Waals surface area contributed by atoms with Gasteiger partial charge in [0.15, 0.2) is 0 Å². The SMILES string of the molecule is COc1cccc([C@H](CNc2cc(Cl)nc(C)n2)N(C)C)c1. The monoisotopic (exact) mass is 320 g/mol. The van der Waals surface area contributed by atoms with Gasteiger partial charge in [-0.2, -0.15) is 0 Å². The summed E-state index contributed by atoms with van der Waals surface area (Å²) in [5, 5.41) is 3.77. The number of nitrogens with one attached hydrogen (secondary N) is 1. The summed E-state index contributed by atoms with van der Waals surface area (Å²) in [5.74, 6) is 2.23. The molecule has 2 aromatic rings. The van der Waals surface area contributed by atoms with Gasteiger partial charge in [0.05, 0.1) is 13.2 Å². The van der Waals surface area contributed by atoms with Crippen LogP contribution in [0.15, 0.2) is 30.3 Å². The molecule has 0 unspecified atom stereocenters. The summed E-state index contributed by atoms with van der Waals surface area (Å²) in [5.41, 5.74) is 1.17. The lowest BCUT2D eigenvalue weighted by atomic mass is 10.1. The molecule has 0 saturated carbocycles. The van der Waals surface area contributed by atoms with Crippen LogP contribution in [0.1, 0.15) is 17.4 Å². The van der Waals surface area contributed by atoms with E-state index in [4.69, 9.17) is 16.3 Å². The topological polar surface area (TPSA) is 50.3 Å². The average molecular weight is 321 g/mol. The lowest BCUT2D eigenvalue weighted by molar-refractivity contribution is 0.310. The van der Waals surface area contributed by atoms with Gasteiger partial charge in [0.25, 0.3) is 0 Å². The van der Waals surface area contributed by atoms with Crippen LogP contribution in [0, 0.1) is 6.92 Å². The number of anilines is 1. The van der Waals surface area contributed by atoms with Crippen molar-refractivity contribution in [3.63, 3.8) is 0 Å². The van der Waals surface area contributed by atoms with E-state index in [2.05, 4.69) is 26.3 Å². The Bertz CT molecular complexity index is 613. The molecule has 1 heterocycles. The summed E-state index contributed by atoms with van der Waals surface area (Å²) in [6, 6.07) is 9.99. The number of benzene rings is 1. The van der Waals surface area contributed by atoms with Crippen LogP contribution in [-0.4, -0.2) is 42.6 Å². The van der Waals surface area contributed by atoms with Crippen LogP contribution in [-0.2, 0) is 0 Å². The molecule has 6 heteroatoms. The zero-order valence-corrected chi connectivity index (χ0v) is 14.1. The van der Waals surface area contributed by atoms with Gasteiger partial charge in [-0.25, -0.2) is 9.97 Å². The fourth-order valence-corrected chi connectivity index (χ4v) is 2.50. The van der Waals surface area contributed by atoms with E-state index in [0.29, 0.717) is 17.5 Å². The maximum atomic E-state index is 5.97. The van der Waals surface area contributed by atoms with Crippen LogP contribution >= 0.6 is 11.6 Å². The lowest BCUT2D eigenvalue weighted by Gasteiger charge is -2.25. The normalized spacial score (nSPS) is 12.3. The number of rotatable bonds is 6. The number of methoxy groups -OCH3 is 1. The zero-order valence-electron chi connectivity index (χ0n) is 13.3. The summed E-state index contributed by atoms with van der Waals surface area (Å²) >= 11 is 5.97. The average Bonchev–Trinajstić information content (AvgIpc) is 2.46. The summed E-state index contributed by atoms with van der Waals surface area (Å²) in [6.07, 6.45) is 0. The minimum absolute atomic E-state index is 0.184. The number of hydrogen-bond acceptors (Lipinski definition) is 5. The van der Waals surface area contributed by atoms with Gasteiger partial charge in [0, 0.05) is 12.6 Å². The van der Waals surface area contributed by atoms with E-state index in [1.165, 1.54) is 5.56 Å². The standard InChI is InChI=1S/C16H21ClN4O/c1-11-19-15(17)9-16(20-11)18-10-14(21(2)3)12-6-5-7-13(8-12)22-4/h5-9,14H,10H2,1-4H3,(H,18,19,20)/t14-/m0/s1. The second kappa shape index (κ2) is 7.42. The lowest BCUT2D eigenvalue weighted by Crippen LogP contribution is -2.27. The smallest absolute Gasteiger partial charge is 0.134 e. The third-order valence-electron chi connectivity index (χ3n) is 3.39. The maximum absolute atomic E-state index is 5.97. The first-order valence-electron chi connectivity index (χ1n) is 7.05. The fourth-order valence-electron chi connectivity index (χ4n) is 2.27. The van der Waals surface area contributed by atoms with Crippen LogP contribution in [0.3, 0.4) is 0 Å². The van der Waals surface area contributed by atoms with Gasteiger partial charge in [-0.1, -0.05) is 23.7 Å². The number of aromatic nitrogens is 2. The molecule has 0 fully saturated rings. The van der Waals surface area contributed by atoms with E-state index >= 15 is 0 Å². The Morgan fingerprint density at radius 3 is 2.68 bits per heavy atom. The molecule has 0 saturated heterocycles. The first-order chi connectivity index (χ1) is 10.5. The largest absolute Gasteiger partial charge is 0.497 e. The van der Waals surface area contributed by atoms with E-state index in [-0.39, 0.29) is 6.04 Å². The number of aryl methyl sites for hydroxylation is 1. The molecular weight excluding hydrogens is 300 g/mol. The first kappa shape index (κ1) is 16.5. The van der Waals surface area contributed by atoms with Crippen LogP contribution < -0.4 is 10.1 Å². The molecule has 0 aliphatic rings. The zero-order chi connectivity index (χ0) is 16.1. The highest BCUT2D eigenvalue weighted by Gasteiger charge is 2.15. The van der Waals surface area contributed by atoms with E-state index in [9.17, 15) is 0 Å². The van der Waals surface area contributed by atoms with Crippen molar-refractivity contribution < 1.29 is 4.74 Å². The fraction of sp³-hybridized carbons (Fsp3) is 0.375. The van der Waals surface area contributed by atoms with Gasteiger partial charge in [0.1, 0.15) is 22.5 Å². The molecule has 0 spiro atoms. The molecule has 2 rings (SSSR count). The first-order valence-corrected chi connectivity index (χ1v) is 7.43. The van der Waals surface area contributed by atoms with Gasteiger partial charge in [-0.05, 0) is 38.7 Å². The van der Waals surface area contributed by atoms with Crippen molar-refractivity contribution in [2.24, 2.45) is 0 Å². The molecule has 1 atom stereocenters. The van der Waals surface area contributed by atoms with Gasteiger partial charge in [-0.15, -0.1) is 0 Å². The van der Waals surface area contributed by atoms with Gasteiger partial charge in [-0.3, -0.25) is 0 Å². The molecule has 1 aromatic heterocycles. The van der Waals surface area contributed by atoms with Gasteiger partial charge >= 0.3 is 0 Å². The van der Waals surface area contributed by atoms with Crippen molar-refractivity contribution >= 4 is 17.4 Å². The van der Waals surface area contributed by atoms with Crippen molar-refractivity contribution in [3.8, 4) is 5.75 Å². The van der Waals surface area contributed by atoms with Crippen molar-refractivity contribution in [1.82, 2.24) is 14.9 Å². The molecule has 0 aliphatic carbocycles. The summed E-state index contributed by atoms with van der Waals surface area (Å²) in [6.45, 7) is 2.52. The van der Waals surface area contributed by atoms with Crippen molar-refractivity contribution in [3.05, 3.63) is 46.9 Å².